The number of hydrogen-bond donors (Lipinski definition) is 1. The van der Waals surface area contributed by atoms with Gasteiger partial charge in [0, 0.05) is 11.1 Å². The maximum Gasteiger partial charge on any atom is 0.0406 e. The molecule has 0 amide bonds. The molecule has 0 aliphatic rings. The predicted octanol–water partition coefficient (Wildman–Crippen LogP) is 4.30. The first-order chi connectivity index (χ1) is 7.93. The van der Waals surface area contributed by atoms with Gasteiger partial charge in [0.2, 0.25) is 0 Å². The zero-order chi connectivity index (χ0) is 12.9. The number of benzene rings is 1. The SMILES string of the molecule is CNC(CCCc1ccc(Cl)cc1)C(C)(C)C. The van der Waals surface area contributed by atoms with Crippen molar-refractivity contribution in [3.8, 4) is 0 Å². The van der Waals surface area contributed by atoms with E-state index >= 15 is 0 Å². The standard InChI is InChI=1S/C15H24ClN/c1-15(2,3)14(17-4)7-5-6-12-8-10-13(16)11-9-12/h8-11,14,17H,5-7H2,1-4H3. The summed E-state index contributed by atoms with van der Waals surface area (Å²) in [6.45, 7) is 6.86. The van der Waals surface area contributed by atoms with Crippen LogP contribution in [0.4, 0.5) is 0 Å². The van der Waals surface area contributed by atoms with Gasteiger partial charge in [-0.3, -0.25) is 0 Å². The Morgan fingerprint density at radius 1 is 1.18 bits per heavy atom. The molecule has 0 saturated heterocycles. The van der Waals surface area contributed by atoms with Crippen LogP contribution in [-0.2, 0) is 6.42 Å². The molecule has 1 rings (SSSR count). The third-order valence-corrected chi connectivity index (χ3v) is 3.52. The molecule has 0 radical (unpaired) electrons. The molecule has 1 atom stereocenters. The van der Waals surface area contributed by atoms with Crippen LogP contribution in [0.2, 0.25) is 5.02 Å². The molecule has 2 heteroatoms. The summed E-state index contributed by atoms with van der Waals surface area (Å²) >= 11 is 5.87. The summed E-state index contributed by atoms with van der Waals surface area (Å²) in [4.78, 5) is 0. The van der Waals surface area contributed by atoms with E-state index in [1.54, 1.807) is 0 Å². The van der Waals surface area contributed by atoms with Crippen molar-refractivity contribution in [3.05, 3.63) is 34.9 Å². The fraction of sp³-hybridized carbons (Fsp3) is 0.600. The molecule has 1 unspecified atom stereocenters. The van der Waals surface area contributed by atoms with Crippen LogP contribution in [0.25, 0.3) is 0 Å². The highest BCUT2D eigenvalue weighted by atomic mass is 35.5. The van der Waals surface area contributed by atoms with Crippen LogP contribution in [0.1, 0.15) is 39.2 Å². The van der Waals surface area contributed by atoms with E-state index in [9.17, 15) is 0 Å². The first kappa shape index (κ1) is 14.5. The second kappa shape index (κ2) is 6.42. The number of hydrogen-bond acceptors (Lipinski definition) is 1. The highest BCUT2D eigenvalue weighted by Gasteiger charge is 2.21. The number of halogens is 1. The fourth-order valence-corrected chi connectivity index (χ4v) is 2.30. The van der Waals surface area contributed by atoms with Crippen molar-refractivity contribution < 1.29 is 0 Å². The molecular formula is C15H24ClN. The second-order valence-corrected chi connectivity index (χ2v) is 6.16. The Labute approximate surface area is 111 Å². The Hall–Kier alpha value is -0.530. The Kier molecular flexibility index (Phi) is 5.48. The maximum absolute atomic E-state index is 5.87. The minimum absolute atomic E-state index is 0.328. The van der Waals surface area contributed by atoms with E-state index in [0.29, 0.717) is 11.5 Å². The normalized spacial score (nSPS) is 13.7. The van der Waals surface area contributed by atoms with E-state index in [1.165, 1.54) is 18.4 Å². The van der Waals surface area contributed by atoms with Gasteiger partial charge in [-0.1, -0.05) is 44.5 Å². The van der Waals surface area contributed by atoms with Crippen molar-refractivity contribution in [2.24, 2.45) is 5.41 Å². The van der Waals surface area contributed by atoms with Gasteiger partial charge in [-0.25, -0.2) is 0 Å². The van der Waals surface area contributed by atoms with E-state index in [-0.39, 0.29) is 0 Å². The summed E-state index contributed by atoms with van der Waals surface area (Å²) in [5.41, 5.74) is 1.70. The average Bonchev–Trinajstić information content (AvgIpc) is 2.25. The van der Waals surface area contributed by atoms with Crippen LogP contribution in [0, 0.1) is 5.41 Å². The first-order valence-electron chi connectivity index (χ1n) is 6.35. The summed E-state index contributed by atoms with van der Waals surface area (Å²) in [6.07, 6.45) is 3.55. The Morgan fingerprint density at radius 3 is 2.24 bits per heavy atom. The lowest BCUT2D eigenvalue weighted by Crippen LogP contribution is -2.37. The van der Waals surface area contributed by atoms with Gasteiger partial charge >= 0.3 is 0 Å². The smallest absolute Gasteiger partial charge is 0.0406 e. The lowest BCUT2D eigenvalue weighted by atomic mass is 9.83. The first-order valence-corrected chi connectivity index (χ1v) is 6.73. The Bertz CT molecular complexity index is 324. The Morgan fingerprint density at radius 2 is 1.76 bits per heavy atom. The van der Waals surface area contributed by atoms with E-state index in [2.05, 4.69) is 45.3 Å². The number of nitrogens with one attached hydrogen (secondary N) is 1. The third kappa shape index (κ3) is 5.10. The summed E-state index contributed by atoms with van der Waals surface area (Å²) in [7, 11) is 2.05. The monoisotopic (exact) mass is 253 g/mol. The van der Waals surface area contributed by atoms with E-state index in [0.717, 1.165) is 11.4 Å². The molecule has 0 aromatic heterocycles. The molecule has 0 fully saturated rings. The lowest BCUT2D eigenvalue weighted by molar-refractivity contribution is 0.263. The summed E-state index contributed by atoms with van der Waals surface area (Å²) < 4.78 is 0. The molecule has 17 heavy (non-hydrogen) atoms. The van der Waals surface area contributed by atoms with Crippen LogP contribution in [-0.4, -0.2) is 13.1 Å². The zero-order valence-corrected chi connectivity index (χ0v) is 12.1. The van der Waals surface area contributed by atoms with Gasteiger partial charge in [0.15, 0.2) is 0 Å². The zero-order valence-electron chi connectivity index (χ0n) is 11.4. The van der Waals surface area contributed by atoms with Crippen molar-refractivity contribution in [1.82, 2.24) is 5.32 Å². The maximum atomic E-state index is 5.87. The van der Waals surface area contributed by atoms with Crippen molar-refractivity contribution in [3.63, 3.8) is 0 Å². The highest BCUT2D eigenvalue weighted by molar-refractivity contribution is 6.30. The quantitative estimate of drug-likeness (QED) is 0.825. The van der Waals surface area contributed by atoms with Gasteiger partial charge < -0.3 is 5.32 Å². The molecule has 1 nitrogen and oxygen atoms in total. The van der Waals surface area contributed by atoms with Gasteiger partial charge in [0.05, 0.1) is 0 Å². The van der Waals surface area contributed by atoms with Gasteiger partial charge in [-0.15, -0.1) is 0 Å². The van der Waals surface area contributed by atoms with Crippen molar-refractivity contribution in [2.75, 3.05) is 7.05 Å². The average molecular weight is 254 g/mol. The Balaban J connectivity index is 2.39. The predicted molar refractivity (Wildman–Crippen MR) is 76.7 cm³/mol. The number of rotatable bonds is 5. The summed E-state index contributed by atoms with van der Waals surface area (Å²) in [5.74, 6) is 0. The molecule has 0 bridgehead atoms. The van der Waals surface area contributed by atoms with Crippen LogP contribution in [0.15, 0.2) is 24.3 Å². The van der Waals surface area contributed by atoms with E-state index in [1.807, 2.05) is 12.1 Å². The topological polar surface area (TPSA) is 12.0 Å². The van der Waals surface area contributed by atoms with Crippen LogP contribution < -0.4 is 5.32 Å². The molecule has 0 aliphatic heterocycles. The number of aryl methyl sites for hydroxylation is 1. The van der Waals surface area contributed by atoms with Gasteiger partial charge in [-0.2, -0.15) is 0 Å². The molecule has 1 aromatic carbocycles. The lowest BCUT2D eigenvalue weighted by Gasteiger charge is -2.30. The van der Waals surface area contributed by atoms with Gasteiger partial charge in [0.1, 0.15) is 0 Å². The van der Waals surface area contributed by atoms with Crippen LogP contribution in [0.5, 0.6) is 0 Å². The van der Waals surface area contributed by atoms with Gasteiger partial charge in [-0.05, 0) is 49.4 Å². The van der Waals surface area contributed by atoms with E-state index in [4.69, 9.17) is 11.6 Å². The molecular weight excluding hydrogens is 230 g/mol. The molecule has 0 saturated carbocycles. The van der Waals surface area contributed by atoms with Gasteiger partial charge in [0.25, 0.3) is 0 Å². The van der Waals surface area contributed by atoms with Crippen LogP contribution >= 0.6 is 11.6 Å². The summed E-state index contributed by atoms with van der Waals surface area (Å²) in [5, 5.41) is 4.23. The third-order valence-electron chi connectivity index (χ3n) is 3.27. The highest BCUT2D eigenvalue weighted by Crippen LogP contribution is 2.23. The molecule has 1 aromatic rings. The van der Waals surface area contributed by atoms with E-state index < -0.39 is 0 Å². The molecule has 1 N–H and O–H groups in total. The largest absolute Gasteiger partial charge is 0.316 e. The minimum Gasteiger partial charge on any atom is -0.316 e. The van der Waals surface area contributed by atoms with Crippen LogP contribution in [0.3, 0.4) is 0 Å². The van der Waals surface area contributed by atoms with Crippen molar-refractivity contribution in [1.29, 1.82) is 0 Å². The van der Waals surface area contributed by atoms with Crippen molar-refractivity contribution >= 4 is 11.6 Å². The molecule has 0 spiro atoms. The molecule has 0 heterocycles. The molecule has 96 valence electrons. The summed E-state index contributed by atoms with van der Waals surface area (Å²) in [6, 6.07) is 8.75. The molecule has 0 aliphatic carbocycles. The fourth-order valence-electron chi connectivity index (χ4n) is 2.17. The van der Waals surface area contributed by atoms with Crippen molar-refractivity contribution in [2.45, 2.75) is 46.1 Å². The second-order valence-electron chi connectivity index (χ2n) is 5.73. The minimum atomic E-state index is 0.328.